The van der Waals surface area contributed by atoms with E-state index in [0.717, 1.165) is 19.3 Å². The van der Waals surface area contributed by atoms with Crippen molar-refractivity contribution in [3.8, 4) is 17.5 Å². The summed E-state index contributed by atoms with van der Waals surface area (Å²) in [5.74, 6) is -1.17. The number of carbonyl (C=O) groups is 2. The SMILES string of the molecule is CCCCCOc1ccc(O)c(OC(=O)NC(=O)CN)n1. The minimum Gasteiger partial charge on any atom is -0.503 e. The molecule has 21 heavy (non-hydrogen) atoms. The van der Waals surface area contributed by atoms with Crippen LogP contribution < -0.4 is 20.5 Å². The molecule has 0 aromatic carbocycles. The van der Waals surface area contributed by atoms with Crippen LogP contribution in [0.4, 0.5) is 4.79 Å². The molecule has 0 saturated heterocycles. The summed E-state index contributed by atoms with van der Waals surface area (Å²) in [5.41, 5.74) is 5.04. The van der Waals surface area contributed by atoms with Crippen molar-refractivity contribution < 1.29 is 24.2 Å². The lowest BCUT2D eigenvalue weighted by atomic mass is 10.3. The molecule has 0 radical (unpaired) electrons. The number of hydrogen-bond acceptors (Lipinski definition) is 7. The Morgan fingerprint density at radius 2 is 2.14 bits per heavy atom. The third-order valence-electron chi connectivity index (χ3n) is 2.43. The van der Waals surface area contributed by atoms with Gasteiger partial charge < -0.3 is 20.3 Å². The predicted octanol–water partition coefficient (Wildman–Crippen LogP) is 0.930. The van der Waals surface area contributed by atoms with Crippen molar-refractivity contribution in [1.29, 1.82) is 0 Å². The lowest BCUT2D eigenvalue weighted by Crippen LogP contribution is -2.37. The van der Waals surface area contributed by atoms with Gasteiger partial charge in [-0.25, -0.2) is 4.79 Å². The van der Waals surface area contributed by atoms with Crippen LogP contribution in [0.2, 0.25) is 0 Å². The summed E-state index contributed by atoms with van der Waals surface area (Å²) in [4.78, 5) is 26.1. The van der Waals surface area contributed by atoms with Crippen molar-refractivity contribution in [3.05, 3.63) is 12.1 Å². The molecular weight excluding hydrogens is 278 g/mol. The van der Waals surface area contributed by atoms with E-state index >= 15 is 0 Å². The van der Waals surface area contributed by atoms with Gasteiger partial charge in [0.25, 0.3) is 5.88 Å². The number of ether oxygens (including phenoxy) is 2. The molecule has 0 aliphatic heterocycles. The quantitative estimate of drug-likeness (QED) is 0.639. The average molecular weight is 297 g/mol. The first-order chi connectivity index (χ1) is 10.1. The molecular formula is C13H19N3O5. The molecule has 8 nitrogen and oxygen atoms in total. The maximum Gasteiger partial charge on any atom is 0.420 e. The van der Waals surface area contributed by atoms with Gasteiger partial charge >= 0.3 is 6.09 Å². The zero-order chi connectivity index (χ0) is 15.7. The highest BCUT2D eigenvalue weighted by Gasteiger charge is 2.14. The molecule has 1 aromatic heterocycles. The van der Waals surface area contributed by atoms with Crippen molar-refractivity contribution in [2.45, 2.75) is 26.2 Å². The highest BCUT2D eigenvalue weighted by atomic mass is 16.6. The summed E-state index contributed by atoms with van der Waals surface area (Å²) in [5, 5.41) is 11.4. The van der Waals surface area contributed by atoms with Crippen LogP contribution in [0.5, 0.6) is 17.5 Å². The fraction of sp³-hybridized carbons (Fsp3) is 0.462. The third kappa shape index (κ3) is 6.09. The number of hydrogen-bond donors (Lipinski definition) is 3. The number of nitrogens with zero attached hydrogens (tertiary/aromatic N) is 1. The minimum atomic E-state index is -1.07. The number of nitrogens with one attached hydrogen (secondary N) is 1. The van der Waals surface area contributed by atoms with Gasteiger partial charge in [-0.2, -0.15) is 4.98 Å². The second-order valence-electron chi connectivity index (χ2n) is 4.17. The standard InChI is InChI=1S/C13H19N3O5/c1-2-3-4-7-20-11-6-5-9(17)12(16-11)21-13(19)15-10(18)8-14/h5-6,17H,2-4,7-8,14H2,1H3,(H,15,18,19). The fourth-order valence-electron chi connectivity index (χ4n) is 1.38. The van der Waals surface area contributed by atoms with Gasteiger partial charge in [0.15, 0.2) is 5.75 Å². The van der Waals surface area contributed by atoms with Gasteiger partial charge in [0.1, 0.15) is 0 Å². The van der Waals surface area contributed by atoms with Gasteiger partial charge in [0.05, 0.1) is 13.2 Å². The molecule has 1 heterocycles. The molecule has 2 amide bonds. The number of amides is 2. The molecule has 0 aliphatic carbocycles. The van der Waals surface area contributed by atoms with Crippen LogP contribution in [0.1, 0.15) is 26.2 Å². The van der Waals surface area contributed by atoms with E-state index in [9.17, 15) is 14.7 Å². The van der Waals surface area contributed by atoms with Crippen LogP contribution in [-0.2, 0) is 4.79 Å². The number of aromatic hydroxyl groups is 1. The molecule has 0 saturated carbocycles. The lowest BCUT2D eigenvalue weighted by Gasteiger charge is -2.08. The predicted molar refractivity (Wildman–Crippen MR) is 74.1 cm³/mol. The average Bonchev–Trinajstić information content (AvgIpc) is 2.46. The molecule has 1 aromatic rings. The molecule has 0 unspecified atom stereocenters. The first-order valence-corrected chi connectivity index (χ1v) is 6.61. The second-order valence-corrected chi connectivity index (χ2v) is 4.17. The van der Waals surface area contributed by atoms with E-state index in [1.54, 1.807) is 0 Å². The number of imide groups is 1. The largest absolute Gasteiger partial charge is 0.503 e. The van der Waals surface area contributed by atoms with E-state index in [-0.39, 0.29) is 24.1 Å². The van der Waals surface area contributed by atoms with Crippen LogP contribution in [0, 0.1) is 0 Å². The summed E-state index contributed by atoms with van der Waals surface area (Å²) in [6, 6.07) is 2.74. The fourth-order valence-corrected chi connectivity index (χ4v) is 1.38. The Morgan fingerprint density at radius 3 is 2.81 bits per heavy atom. The van der Waals surface area contributed by atoms with Gasteiger partial charge in [0, 0.05) is 6.07 Å². The smallest absolute Gasteiger partial charge is 0.420 e. The maximum absolute atomic E-state index is 11.3. The van der Waals surface area contributed by atoms with Crippen molar-refractivity contribution in [2.24, 2.45) is 5.73 Å². The second kappa shape index (κ2) is 8.75. The van der Waals surface area contributed by atoms with E-state index in [1.165, 1.54) is 12.1 Å². The zero-order valence-corrected chi connectivity index (χ0v) is 11.8. The first kappa shape index (κ1) is 16.7. The van der Waals surface area contributed by atoms with Crippen LogP contribution in [0.3, 0.4) is 0 Å². The molecule has 0 bridgehead atoms. The molecule has 4 N–H and O–H groups in total. The van der Waals surface area contributed by atoms with Crippen LogP contribution >= 0.6 is 0 Å². The zero-order valence-electron chi connectivity index (χ0n) is 11.8. The van der Waals surface area contributed by atoms with E-state index in [2.05, 4.69) is 11.9 Å². The first-order valence-electron chi connectivity index (χ1n) is 6.61. The number of unbranched alkanes of at least 4 members (excludes halogenated alkanes) is 2. The van der Waals surface area contributed by atoms with E-state index in [4.69, 9.17) is 15.2 Å². The van der Waals surface area contributed by atoms with Gasteiger partial charge in [-0.05, 0) is 12.5 Å². The van der Waals surface area contributed by atoms with Crippen LogP contribution in [-0.4, -0.2) is 35.2 Å². The van der Waals surface area contributed by atoms with Gasteiger partial charge in [0.2, 0.25) is 11.8 Å². The topological polar surface area (TPSA) is 124 Å². The third-order valence-corrected chi connectivity index (χ3v) is 2.43. The molecule has 8 heteroatoms. The Kier molecular flexibility index (Phi) is 6.96. The van der Waals surface area contributed by atoms with Gasteiger partial charge in [-0.3, -0.25) is 10.1 Å². The molecule has 0 atom stereocenters. The Hall–Kier alpha value is -2.35. The molecule has 116 valence electrons. The lowest BCUT2D eigenvalue weighted by molar-refractivity contribution is -0.118. The monoisotopic (exact) mass is 297 g/mol. The highest BCUT2D eigenvalue weighted by Crippen LogP contribution is 2.26. The number of rotatable bonds is 7. The van der Waals surface area contributed by atoms with E-state index in [0.29, 0.717) is 6.61 Å². The summed E-state index contributed by atoms with van der Waals surface area (Å²) in [6.45, 7) is 2.20. The number of carbonyl (C=O) groups excluding carboxylic acids is 2. The normalized spacial score (nSPS) is 10.0. The van der Waals surface area contributed by atoms with Crippen LogP contribution in [0.25, 0.3) is 0 Å². The number of pyridine rings is 1. The van der Waals surface area contributed by atoms with Crippen molar-refractivity contribution in [2.75, 3.05) is 13.2 Å². The molecule has 0 fully saturated rings. The number of aromatic nitrogens is 1. The van der Waals surface area contributed by atoms with Gasteiger partial charge in [-0.15, -0.1) is 0 Å². The Bertz CT molecular complexity index is 493. The molecule has 0 aliphatic rings. The van der Waals surface area contributed by atoms with Crippen molar-refractivity contribution >= 4 is 12.0 Å². The Labute approximate surface area is 122 Å². The van der Waals surface area contributed by atoms with Gasteiger partial charge in [-0.1, -0.05) is 19.8 Å². The number of nitrogens with two attached hydrogens (primary N) is 1. The van der Waals surface area contributed by atoms with Crippen LogP contribution in [0.15, 0.2) is 12.1 Å². The highest BCUT2D eigenvalue weighted by molar-refractivity contribution is 5.93. The maximum atomic E-state index is 11.3. The summed E-state index contributed by atoms with van der Waals surface area (Å²) in [6.07, 6.45) is 1.90. The summed E-state index contributed by atoms with van der Waals surface area (Å²) < 4.78 is 10.1. The summed E-state index contributed by atoms with van der Waals surface area (Å²) >= 11 is 0. The molecule has 1 rings (SSSR count). The minimum absolute atomic E-state index is 0.219. The molecule has 0 spiro atoms. The van der Waals surface area contributed by atoms with E-state index in [1.807, 2.05) is 5.32 Å². The summed E-state index contributed by atoms with van der Waals surface area (Å²) in [7, 11) is 0. The van der Waals surface area contributed by atoms with Crippen molar-refractivity contribution in [1.82, 2.24) is 10.3 Å². The van der Waals surface area contributed by atoms with Crippen molar-refractivity contribution in [3.63, 3.8) is 0 Å². The van der Waals surface area contributed by atoms with E-state index < -0.39 is 12.0 Å². The Balaban J connectivity index is 2.60. The Morgan fingerprint density at radius 1 is 1.38 bits per heavy atom.